The van der Waals surface area contributed by atoms with Crippen molar-refractivity contribution in [3.8, 4) is 0 Å². The van der Waals surface area contributed by atoms with Crippen LogP contribution in [-0.2, 0) is 9.53 Å². The van der Waals surface area contributed by atoms with Crippen LogP contribution in [0.4, 0.5) is 5.69 Å². The number of carbonyl (C=O) groups is 1. The monoisotopic (exact) mass is 337 g/mol. The molecule has 1 saturated carbocycles. The Morgan fingerprint density at radius 1 is 1.52 bits per heavy atom. The van der Waals surface area contributed by atoms with E-state index in [2.05, 4.69) is 17.6 Å². The smallest absolute Gasteiger partial charge is 0.293 e. The van der Waals surface area contributed by atoms with Crippen molar-refractivity contribution in [2.75, 3.05) is 18.6 Å². The SMILES string of the molecule is CC1(CO/C(C(=O)Nc2cccc(Cl)c2)=C(/C=[NH2+])NCN)CC1. The van der Waals surface area contributed by atoms with Crippen molar-refractivity contribution in [2.24, 2.45) is 11.1 Å². The summed E-state index contributed by atoms with van der Waals surface area (Å²) in [5.74, 6) is -0.291. The molecule has 0 unspecified atom stereocenters. The number of hydrogen-bond donors (Lipinski definition) is 4. The number of amides is 1. The van der Waals surface area contributed by atoms with E-state index in [0.29, 0.717) is 23.0 Å². The predicted molar refractivity (Wildman–Crippen MR) is 90.6 cm³/mol. The van der Waals surface area contributed by atoms with Crippen LogP contribution in [0.5, 0.6) is 0 Å². The van der Waals surface area contributed by atoms with Crippen molar-refractivity contribution in [3.05, 3.63) is 40.7 Å². The normalized spacial score (nSPS) is 16.1. The molecule has 0 aliphatic heterocycles. The van der Waals surface area contributed by atoms with Gasteiger partial charge in [0.05, 0.1) is 13.3 Å². The molecule has 7 heteroatoms. The summed E-state index contributed by atoms with van der Waals surface area (Å²) in [6.07, 6.45) is 3.44. The van der Waals surface area contributed by atoms with E-state index in [1.54, 1.807) is 24.3 Å². The second kappa shape index (κ2) is 7.48. The largest absolute Gasteiger partial charge is 0.486 e. The highest BCUT2D eigenvalue weighted by atomic mass is 35.5. The number of ether oxygens (including phenoxy) is 1. The molecule has 6 N–H and O–H groups in total. The minimum Gasteiger partial charge on any atom is -0.486 e. The lowest BCUT2D eigenvalue weighted by molar-refractivity contribution is -0.117. The van der Waals surface area contributed by atoms with Crippen molar-refractivity contribution in [2.45, 2.75) is 19.8 Å². The zero-order valence-electron chi connectivity index (χ0n) is 13.1. The fourth-order valence-corrected chi connectivity index (χ4v) is 2.14. The third-order valence-corrected chi connectivity index (χ3v) is 3.90. The molecule has 0 saturated heterocycles. The van der Waals surface area contributed by atoms with E-state index in [1.807, 2.05) is 0 Å². The number of anilines is 1. The molecule has 0 aromatic heterocycles. The van der Waals surface area contributed by atoms with Crippen molar-refractivity contribution in [3.63, 3.8) is 0 Å². The molecule has 124 valence electrons. The van der Waals surface area contributed by atoms with E-state index in [4.69, 9.17) is 27.5 Å². The number of hydrogen-bond acceptors (Lipinski definition) is 4. The molecule has 0 bridgehead atoms. The van der Waals surface area contributed by atoms with Gasteiger partial charge in [-0.25, -0.2) is 0 Å². The maximum Gasteiger partial charge on any atom is 0.293 e. The van der Waals surface area contributed by atoms with Gasteiger partial charge >= 0.3 is 0 Å². The van der Waals surface area contributed by atoms with Gasteiger partial charge in [0.1, 0.15) is 5.70 Å². The van der Waals surface area contributed by atoms with Gasteiger partial charge in [-0.1, -0.05) is 24.6 Å². The van der Waals surface area contributed by atoms with Crippen LogP contribution in [0.25, 0.3) is 0 Å². The van der Waals surface area contributed by atoms with Crippen molar-refractivity contribution >= 4 is 29.4 Å². The van der Waals surface area contributed by atoms with Gasteiger partial charge in [0.15, 0.2) is 6.21 Å². The van der Waals surface area contributed by atoms with Gasteiger partial charge in [-0.3, -0.25) is 10.2 Å². The van der Waals surface area contributed by atoms with Gasteiger partial charge in [-0.2, -0.15) is 0 Å². The Morgan fingerprint density at radius 2 is 2.26 bits per heavy atom. The Hall–Kier alpha value is -2.05. The number of rotatable bonds is 8. The lowest BCUT2D eigenvalue weighted by Gasteiger charge is -2.16. The van der Waals surface area contributed by atoms with E-state index >= 15 is 0 Å². The van der Waals surface area contributed by atoms with Crippen LogP contribution in [0.2, 0.25) is 5.02 Å². The Labute approximate surface area is 140 Å². The van der Waals surface area contributed by atoms with Gasteiger partial charge in [0, 0.05) is 16.1 Å². The molecule has 0 radical (unpaired) electrons. The molecular formula is C16H22ClN4O2+. The first-order chi connectivity index (χ1) is 11.0. The summed E-state index contributed by atoms with van der Waals surface area (Å²) < 4.78 is 5.74. The highest BCUT2D eigenvalue weighted by Gasteiger charge is 2.39. The van der Waals surface area contributed by atoms with Crippen LogP contribution in [0, 0.1) is 5.41 Å². The lowest BCUT2D eigenvalue weighted by Crippen LogP contribution is -2.38. The first-order valence-electron chi connectivity index (χ1n) is 7.40. The summed E-state index contributed by atoms with van der Waals surface area (Å²) in [6.45, 7) is 2.70. The van der Waals surface area contributed by atoms with Gasteiger partial charge in [-0.05, 0) is 31.0 Å². The zero-order chi connectivity index (χ0) is 16.9. The molecule has 1 aliphatic carbocycles. The summed E-state index contributed by atoms with van der Waals surface area (Å²) in [4.78, 5) is 12.5. The summed E-state index contributed by atoms with van der Waals surface area (Å²) in [7, 11) is 0. The van der Waals surface area contributed by atoms with Crippen LogP contribution < -0.4 is 21.8 Å². The molecule has 2 rings (SSSR count). The van der Waals surface area contributed by atoms with Crippen LogP contribution in [-0.4, -0.2) is 25.4 Å². The van der Waals surface area contributed by atoms with Gasteiger partial charge in [0.2, 0.25) is 5.76 Å². The maximum absolute atomic E-state index is 12.5. The van der Waals surface area contributed by atoms with Gasteiger partial charge < -0.3 is 21.1 Å². The van der Waals surface area contributed by atoms with Gasteiger partial charge in [0.25, 0.3) is 5.91 Å². The van der Waals surface area contributed by atoms with Crippen LogP contribution in [0.3, 0.4) is 0 Å². The number of allylic oxidation sites excluding steroid dienone is 1. The summed E-state index contributed by atoms with van der Waals surface area (Å²) in [5.41, 5.74) is 6.55. The average Bonchev–Trinajstić information content (AvgIpc) is 3.24. The summed E-state index contributed by atoms with van der Waals surface area (Å²) >= 11 is 5.93. The summed E-state index contributed by atoms with van der Waals surface area (Å²) in [5, 5.41) is 11.7. The average molecular weight is 338 g/mol. The Bertz CT molecular complexity index is 626. The number of nitrogens with two attached hydrogens (primary N) is 2. The second-order valence-electron chi connectivity index (χ2n) is 5.85. The zero-order valence-corrected chi connectivity index (χ0v) is 13.8. The maximum atomic E-state index is 12.5. The fraction of sp³-hybridized carbons (Fsp3) is 0.375. The van der Waals surface area contributed by atoms with Crippen LogP contribution in [0.15, 0.2) is 35.7 Å². The number of carbonyl (C=O) groups excluding carboxylic acids is 1. The molecule has 1 aliphatic rings. The minimum absolute atomic E-state index is 0.117. The topological polar surface area (TPSA) is 102 Å². The Kier molecular flexibility index (Phi) is 5.63. The quantitative estimate of drug-likeness (QED) is 0.242. The highest BCUT2D eigenvalue weighted by molar-refractivity contribution is 6.30. The molecular weight excluding hydrogens is 316 g/mol. The lowest BCUT2D eigenvalue weighted by atomic mass is 10.2. The van der Waals surface area contributed by atoms with E-state index in [1.165, 1.54) is 6.21 Å². The minimum atomic E-state index is -0.408. The second-order valence-corrected chi connectivity index (χ2v) is 6.29. The molecule has 0 atom stereocenters. The number of benzene rings is 1. The van der Waals surface area contributed by atoms with Crippen LogP contribution >= 0.6 is 11.6 Å². The first-order valence-corrected chi connectivity index (χ1v) is 7.78. The molecule has 1 aromatic carbocycles. The van der Waals surface area contributed by atoms with Crippen LogP contribution in [0.1, 0.15) is 19.8 Å². The Morgan fingerprint density at radius 3 is 2.83 bits per heavy atom. The predicted octanol–water partition coefficient (Wildman–Crippen LogP) is 0.643. The standard InChI is InChI=1S/C16H21ClN4O2/c1-16(5-6-16)9-23-14(13(8-18)20-10-19)15(22)21-12-4-2-3-11(17)7-12/h2-4,7-8,18,20H,5-6,9-10,19H2,1H3,(H,21,22)/p+1/b14-13-,18-8?. The summed E-state index contributed by atoms with van der Waals surface area (Å²) in [6, 6.07) is 6.88. The molecule has 1 amide bonds. The first kappa shape index (κ1) is 17.3. The molecule has 0 spiro atoms. The van der Waals surface area contributed by atoms with E-state index < -0.39 is 5.91 Å². The van der Waals surface area contributed by atoms with Crippen molar-refractivity contribution in [1.29, 1.82) is 0 Å². The third kappa shape index (κ3) is 4.97. The molecule has 1 fully saturated rings. The Balaban J connectivity index is 2.17. The fourth-order valence-electron chi connectivity index (χ4n) is 1.95. The van der Waals surface area contributed by atoms with E-state index in [-0.39, 0.29) is 17.8 Å². The molecule has 0 heterocycles. The number of nitrogens with one attached hydrogen (secondary N) is 2. The van der Waals surface area contributed by atoms with Crippen molar-refractivity contribution in [1.82, 2.24) is 5.32 Å². The molecule has 23 heavy (non-hydrogen) atoms. The number of halogens is 1. The van der Waals surface area contributed by atoms with Crippen molar-refractivity contribution < 1.29 is 14.9 Å². The van der Waals surface area contributed by atoms with E-state index in [9.17, 15) is 4.79 Å². The highest BCUT2D eigenvalue weighted by Crippen LogP contribution is 2.45. The molecule has 6 nitrogen and oxygen atoms in total. The van der Waals surface area contributed by atoms with E-state index in [0.717, 1.165) is 12.8 Å². The van der Waals surface area contributed by atoms with Gasteiger partial charge in [-0.15, -0.1) is 0 Å². The third-order valence-electron chi connectivity index (χ3n) is 3.66. The molecule has 1 aromatic rings.